The molecule has 90 valence electrons. The second-order valence-electron chi connectivity index (χ2n) is 3.98. The summed E-state index contributed by atoms with van der Waals surface area (Å²) in [7, 11) is -4.06. The molecule has 16 heavy (non-hydrogen) atoms. The number of nitrogen functional groups attached to an aromatic ring is 1. The van der Waals surface area contributed by atoms with E-state index in [2.05, 4.69) is 0 Å². The molecule has 0 bridgehead atoms. The maximum absolute atomic E-state index is 11.2. The first kappa shape index (κ1) is 13.0. The zero-order valence-electron chi connectivity index (χ0n) is 9.69. The van der Waals surface area contributed by atoms with Gasteiger partial charge in [-0.05, 0) is 37.0 Å². The van der Waals surface area contributed by atoms with E-state index < -0.39 is 15.4 Å². The molecule has 0 amide bonds. The SMILES string of the molecule is CCC(c1cc(C)c(N)c(C)c1)S(=O)(=O)O. The highest BCUT2D eigenvalue weighted by Gasteiger charge is 2.23. The molecule has 1 atom stereocenters. The fraction of sp³-hybridized carbons (Fsp3) is 0.455. The number of anilines is 1. The van der Waals surface area contributed by atoms with Crippen LogP contribution in [0.3, 0.4) is 0 Å². The van der Waals surface area contributed by atoms with Crippen molar-refractivity contribution >= 4 is 15.8 Å². The molecule has 0 aromatic heterocycles. The van der Waals surface area contributed by atoms with E-state index in [1.165, 1.54) is 0 Å². The molecule has 1 aromatic carbocycles. The van der Waals surface area contributed by atoms with Crippen molar-refractivity contribution in [3.8, 4) is 0 Å². The number of rotatable bonds is 3. The van der Waals surface area contributed by atoms with Crippen molar-refractivity contribution < 1.29 is 13.0 Å². The number of hydrogen-bond donors (Lipinski definition) is 2. The van der Waals surface area contributed by atoms with Gasteiger partial charge >= 0.3 is 0 Å². The lowest BCUT2D eigenvalue weighted by molar-refractivity contribution is 0.466. The highest BCUT2D eigenvalue weighted by molar-refractivity contribution is 7.86. The van der Waals surface area contributed by atoms with Gasteiger partial charge in [-0.1, -0.05) is 19.1 Å². The standard InChI is InChI=1S/C11H17NO3S/c1-4-10(16(13,14)15)9-5-7(2)11(12)8(3)6-9/h5-6,10H,4,12H2,1-3H3,(H,13,14,15). The molecule has 0 aliphatic rings. The average molecular weight is 243 g/mol. The smallest absolute Gasteiger partial charge is 0.271 e. The second-order valence-corrected chi connectivity index (χ2v) is 5.58. The fourth-order valence-electron chi connectivity index (χ4n) is 1.81. The Balaban J connectivity index is 3.33. The molecule has 0 spiro atoms. The quantitative estimate of drug-likeness (QED) is 0.630. The van der Waals surface area contributed by atoms with Crippen LogP contribution in [0.25, 0.3) is 0 Å². The van der Waals surface area contributed by atoms with Crippen molar-refractivity contribution in [3.05, 3.63) is 28.8 Å². The molecule has 0 saturated carbocycles. The molecule has 0 radical (unpaired) electrons. The van der Waals surface area contributed by atoms with Gasteiger partial charge in [0.15, 0.2) is 0 Å². The topological polar surface area (TPSA) is 80.4 Å². The predicted molar refractivity (Wildman–Crippen MR) is 64.9 cm³/mol. The van der Waals surface area contributed by atoms with Crippen molar-refractivity contribution in [2.24, 2.45) is 0 Å². The zero-order valence-corrected chi connectivity index (χ0v) is 10.5. The van der Waals surface area contributed by atoms with Crippen molar-refractivity contribution in [2.45, 2.75) is 32.4 Å². The van der Waals surface area contributed by atoms with E-state index in [0.717, 1.165) is 11.1 Å². The summed E-state index contributed by atoms with van der Waals surface area (Å²) < 4.78 is 31.5. The molecule has 1 rings (SSSR count). The van der Waals surface area contributed by atoms with Crippen LogP contribution in [0.4, 0.5) is 5.69 Å². The van der Waals surface area contributed by atoms with Crippen LogP contribution in [0.2, 0.25) is 0 Å². The van der Waals surface area contributed by atoms with E-state index in [1.807, 2.05) is 13.8 Å². The Kier molecular flexibility index (Phi) is 3.60. The van der Waals surface area contributed by atoms with Crippen LogP contribution >= 0.6 is 0 Å². The van der Waals surface area contributed by atoms with E-state index in [4.69, 9.17) is 10.3 Å². The van der Waals surface area contributed by atoms with Crippen LogP contribution in [-0.2, 0) is 10.1 Å². The molecular weight excluding hydrogens is 226 g/mol. The van der Waals surface area contributed by atoms with Crippen molar-refractivity contribution in [3.63, 3.8) is 0 Å². The van der Waals surface area contributed by atoms with Crippen LogP contribution in [0, 0.1) is 13.8 Å². The Morgan fingerprint density at radius 2 is 1.75 bits per heavy atom. The molecule has 0 heterocycles. The zero-order chi connectivity index (χ0) is 12.5. The third kappa shape index (κ3) is 2.54. The largest absolute Gasteiger partial charge is 0.398 e. The molecule has 1 unspecified atom stereocenters. The van der Waals surface area contributed by atoms with E-state index >= 15 is 0 Å². The Labute approximate surface area is 96.2 Å². The first-order valence-corrected chi connectivity index (χ1v) is 6.60. The lowest BCUT2D eigenvalue weighted by Gasteiger charge is -2.15. The Hall–Kier alpha value is -1.07. The van der Waals surface area contributed by atoms with Gasteiger partial charge < -0.3 is 5.73 Å². The van der Waals surface area contributed by atoms with Gasteiger partial charge in [-0.25, -0.2) is 0 Å². The lowest BCUT2D eigenvalue weighted by Crippen LogP contribution is -2.12. The van der Waals surface area contributed by atoms with Crippen LogP contribution in [0.15, 0.2) is 12.1 Å². The van der Waals surface area contributed by atoms with Gasteiger partial charge in [-0.2, -0.15) is 8.42 Å². The van der Waals surface area contributed by atoms with Gasteiger partial charge in [-0.15, -0.1) is 0 Å². The summed E-state index contributed by atoms with van der Waals surface area (Å²) >= 11 is 0. The molecule has 0 aliphatic carbocycles. The predicted octanol–water partition coefficient (Wildman–Crippen LogP) is 2.22. The fourth-order valence-corrected chi connectivity index (χ4v) is 2.71. The maximum Gasteiger partial charge on any atom is 0.271 e. The lowest BCUT2D eigenvalue weighted by atomic mass is 10.0. The van der Waals surface area contributed by atoms with Gasteiger partial charge in [0, 0.05) is 5.69 Å². The summed E-state index contributed by atoms with van der Waals surface area (Å²) in [5.74, 6) is 0. The van der Waals surface area contributed by atoms with Crippen molar-refractivity contribution in [2.75, 3.05) is 5.73 Å². The van der Waals surface area contributed by atoms with Crippen LogP contribution < -0.4 is 5.73 Å². The molecule has 5 heteroatoms. The molecular formula is C11H17NO3S. The normalized spacial score (nSPS) is 13.8. The summed E-state index contributed by atoms with van der Waals surface area (Å²) in [6, 6.07) is 3.43. The van der Waals surface area contributed by atoms with Crippen LogP contribution in [-0.4, -0.2) is 13.0 Å². The van der Waals surface area contributed by atoms with Crippen molar-refractivity contribution in [1.29, 1.82) is 0 Å². The summed E-state index contributed by atoms with van der Waals surface area (Å²) in [5, 5.41) is -0.870. The molecule has 3 N–H and O–H groups in total. The Morgan fingerprint density at radius 3 is 2.06 bits per heavy atom. The summed E-state index contributed by atoms with van der Waals surface area (Å²) in [4.78, 5) is 0. The Bertz CT molecular complexity index is 471. The molecule has 4 nitrogen and oxygen atoms in total. The van der Waals surface area contributed by atoms with E-state index in [9.17, 15) is 8.42 Å². The highest BCUT2D eigenvalue weighted by atomic mass is 32.2. The third-order valence-corrected chi connectivity index (χ3v) is 4.04. The first-order chi connectivity index (χ1) is 7.27. The minimum Gasteiger partial charge on any atom is -0.398 e. The number of benzene rings is 1. The maximum atomic E-state index is 11.2. The minimum atomic E-state index is -4.06. The molecule has 0 fully saturated rings. The highest BCUT2D eigenvalue weighted by Crippen LogP contribution is 2.29. The average Bonchev–Trinajstić information content (AvgIpc) is 2.12. The van der Waals surface area contributed by atoms with Gasteiger partial charge in [0.1, 0.15) is 5.25 Å². The third-order valence-electron chi connectivity index (χ3n) is 2.72. The van der Waals surface area contributed by atoms with Gasteiger partial charge in [0.2, 0.25) is 0 Å². The summed E-state index contributed by atoms with van der Waals surface area (Å²) in [5.41, 5.74) is 8.70. The Morgan fingerprint density at radius 1 is 1.31 bits per heavy atom. The number of aryl methyl sites for hydroxylation is 2. The van der Waals surface area contributed by atoms with Crippen LogP contribution in [0.5, 0.6) is 0 Å². The monoisotopic (exact) mass is 243 g/mol. The molecule has 0 saturated heterocycles. The van der Waals surface area contributed by atoms with E-state index in [1.54, 1.807) is 19.1 Å². The second kappa shape index (κ2) is 4.43. The molecule has 1 aromatic rings. The van der Waals surface area contributed by atoms with Crippen LogP contribution in [0.1, 0.15) is 35.3 Å². The minimum absolute atomic E-state index is 0.335. The summed E-state index contributed by atoms with van der Waals surface area (Å²) in [6.45, 7) is 5.37. The number of nitrogens with two attached hydrogens (primary N) is 1. The van der Waals surface area contributed by atoms with Gasteiger partial charge in [-0.3, -0.25) is 4.55 Å². The first-order valence-electron chi connectivity index (χ1n) is 5.10. The van der Waals surface area contributed by atoms with E-state index in [-0.39, 0.29) is 0 Å². The summed E-state index contributed by atoms with van der Waals surface area (Å²) in [6.07, 6.45) is 0.335. The molecule has 0 aliphatic heterocycles. The van der Waals surface area contributed by atoms with Crippen molar-refractivity contribution in [1.82, 2.24) is 0 Å². The van der Waals surface area contributed by atoms with Gasteiger partial charge in [0.25, 0.3) is 10.1 Å². The van der Waals surface area contributed by atoms with Gasteiger partial charge in [0.05, 0.1) is 0 Å². The number of hydrogen-bond acceptors (Lipinski definition) is 3. The van der Waals surface area contributed by atoms with E-state index in [0.29, 0.717) is 17.7 Å².